The van der Waals surface area contributed by atoms with Crippen LogP contribution in [0, 0.1) is 0 Å². The van der Waals surface area contributed by atoms with Gasteiger partial charge in [0.25, 0.3) is 5.91 Å². The Morgan fingerprint density at radius 3 is 2.96 bits per heavy atom. The van der Waals surface area contributed by atoms with Gasteiger partial charge < -0.3 is 20.4 Å². The van der Waals surface area contributed by atoms with E-state index in [1.807, 2.05) is 4.57 Å². The highest BCUT2D eigenvalue weighted by Crippen LogP contribution is 2.22. The number of hydrogen-bond donors (Lipinski definition) is 2. The van der Waals surface area contributed by atoms with Gasteiger partial charge in [0.2, 0.25) is 0 Å². The number of anilines is 1. The van der Waals surface area contributed by atoms with Crippen molar-refractivity contribution in [1.29, 1.82) is 0 Å². The van der Waals surface area contributed by atoms with E-state index in [0.717, 1.165) is 12.2 Å². The lowest BCUT2D eigenvalue weighted by Gasteiger charge is -2.09. The Morgan fingerprint density at radius 1 is 1.48 bits per heavy atom. The maximum atomic E-state index is 12.3. The number of aryl methyl sites for hydroxylation is 1. The zero-order chi connectivity index (χ0) is 16.8. The maximum Gasteiger partial charge on any atom is 0.325 e. The number of nitrogen functional groups attached to an aromatic ring is 1. The minimum absolute atomic E-state index is 0.208. The van der Waals surface area contributed by atoms with E-state index in [4.69, 9.17) is 5.73 Å². The molecular formula is C13H16IN5O3S. The van der Waals surface area contributed by atoms with Crippen molar-refractivity contribution in [1.82, 2.24) is 19.9 Å². The van der Waals surface area contributed by atoms with Gasteiger partial charge >= 0.3 is 5.97 Å². The fraction of sp³-hybridized carbons (Fsp3) is 0.385. The lowest BCUT2D eigenvalue weighted by atomic mass is 10.2. The van der Waals surface area contributed by atoms with Gasteiger partial charge in [-0.15, -0.1) is 0 Å². The average molecular weight is 449 g/mol. The number of esters is 1. The van der Waals surface area contributed by atoms with Crippen LogP contribution in [0.5, 0.6) is 0 Å². The summed E-state index contributed by atoms with van der Waals surface area (Å²) < 4.78 is 6.39. The van der Waals surface area contributed by atoms with E-state index in [1.54, 1.807) is 15.3 Å². The summed E-state index contributed by atoms with van der Waals surface area (Å²) in [4.78, 5) is 31.7. The summed E-state index contributed by atoms with van der Waals surface area (Å²) in [6.45, 7) is 0.508. The fourth-order valence-electron chi connectivity index (χ4n) is 2.05. The second-order valence-corrected chi connectivity index (χ2v) is 7.11. The maximum absolute atomic E-state index is 12.3. The van der Waals surface area contributed by atoms with E-state index in [-0.39, 0.29) is 12.4 Å². The molecule has 1 amide bonds. The van der Waals surface area contributed by atoms with Crippen LogP contribution in [0.2, 0.25) is 0 Å². The normalized spacial score (nSPS) is 10.7. The van der Waals surface area contributed by atoms with Crippen molar-refractivity contribution in [3.05, 3.63) is 18.1 Å². The van der Waals surface area contributed by atoms with Gasteiger partial charge in [-0.3, -0.25) is 9.59 Å². The molecule has 0 saturated carbocycles. The van der Waals surface area contributed by atoms with E-state index in [1.165, 1.54) is 13.3 Å². The highest BCUT2D eigenvalue weighted by molar-refractivity contribution is 14.2. The number of nitrogens with zero attached hydrogens (tertiary/aromatic N) is 3. The van der Waals surface area contributed by atoms with Crippen molar-refractivity contribution in [3.63, 3.8) is 0 Å². The highest BCUT2D eigenvalue weighted by Gasteiger charge is 2.18. The first-order chi connectivity index (χ1) is 11.1. The van der Waals surface area contributed by atoms with Gasteiger partial charge in [-0.05, 0) is 27.6 Å². The van der Waals surface area contributed by atoms with E-state index >= 15 is 0 Å². The van der Waals surface area contributed by atoms with Gasteiger partial charge in [0, 0.05) is 18.5 Å². The molecule has 0 unspecified atom stereocenters. The van der Waals surface area contributed by atoms with Crippen LogP contribution >= 0.6 is 30.1 Å². The second-order valence-electron chi connectivity index (χ2n) is 4.62. The molecule has 124 valence electrons. The van der Waals surface area contributed by atoms with Crippen LogP contribution in [0.25, 0.3) is 11.0 Å². The van der Waals surface area contributed by atoms with Crippen molar-refractivity contribution >= 4 is 58.9 Å². The molecule has 0 saturated heterocycles. The van der Waals surface area contributed by atoms with E-state index in [2.05, 4.69) is 41.2 Å². The third-order valence-electron chi connectivity index (χ3n) is 3.15. The van der Waals surface area contributed by atoms with E-state index in [0.29, 0.717) is 23.1 Å². The molecule has 2 heterocycles. The summed E-state index contributed by atoms with van der Waals surface area (Å²) >= 11 is 2.24. The largest absolute Gasteiger partial charge is 0.468 e. The topological polar surface area (TPSA) is 112 Å². The number of amides is 1. The smallest absolute Gasteiger partial charge is 0.325 e. The summed E-state index contributed by atoms with van der Waals surface area (Å²) in [5.74, 6) is 0.319. The molecule has 23 heavy (non-hydrogen) atoms. The van der Waals surface area contributed by atoms with Gasteiger partial charge in [-0.1, -0.05) is 8.93 Å². The third kappa shape index (κ3) is 4.25. The number of nitrogens with two attached hydrogens (primary N) is 1. The van der Waals surface area contributed by atoms with E-state index in [9.17, 15) is 9.59 Å². The Kier molecular flexibility index (Phi) is 6.45. The molecule has 0 aliphatic carbocycles. The Balaban J connectivity index is 2.31. The third-order valence-corrected chi connectivity index (χ3v) is 4.92. The van der Waals surface area contributed by atoms with Crippen molar-refractivity contribution in [3.8, 4) is 0 Å². The number of halogens is 1. The summed E-state index contributed by atoms with van der Waals surface area (Å²) in [7, 11) is 2.99. The zero-order valence-corrected chi connectivity index (χ0v) is 15.4. The molecule has 0 radical (unpaired) electrons. The molecule has 0 aliphatic rings. The van der Waals surface area contributed by atoms with Crippen LogP contribution in [-0.4, -0.2) is 45.8 Å². The molecule has 0 atom stereocenters. The SMILES string of the molecule is COC(=O)CNC(=O)c1cnc(N)c2ncn(CCCSI)c12. The molecular weight excluding hydrogens is 433 g/mol. The summed E-state index contributed by atoms with van der Waals surface area (Å²) in [6.07, 6.45) is 3.98. The minimum atomic E-state index is -0.523. The summed E-state index contributed by atoms with van der Waals surface area (Å²) in [5.41, 5.74) is 7.28. The van der Waals surface area contributed by atoms with Crippen molar-refractivity contribution in [2.75, 3.05) is 25.1 Å². The molecule has 0 fully saturated rings. The Hall–Kier alpha value is -1.56. The highest BCUT2D eigenvalue weighted by atomic mass is 127. The van der Waals surface area contributed by atoms with Crippen molar-refractivity contribution < 1.29 is 14.3 Å². The Morgan fingerprint density at radius 2 is 2.26 bits per heavy atom. The molecule has 0 aliphatic heterocycles. The van der Waals surface area contributed by atoms with Crippen LogP contribution in [0.15, 0.2) is 12.5 Å². The van der Waals surface area contributed by atoms with Crippen molar-refractivity contribution in [2.45, 2.75) is 13.0 Å². The first-order valence-corrected chi connectivity index (χ1v) is 10.3. The number of carbonyl (C=O) groups excluding carboxylic acids is 2. The van der Waals surface area contributed by atoms with Gasteiger partial charge in [0.1, 0.15) is 12.1 Å². The summed E-state index contributed by atoms with van der Waals surface area (Å²) in [5, 5.41) is 2.50. The second kappa shape index (κ2) is 8.34. The average Bonchev–Trinajstić information content (AvgIpc) is 2.98. The van der Waals surface area contributed by atoms with Gasteiger partial charge in [-0.2, -0.15) is 0 Å². The number of carbonyl (C=O) groups is 2. The number of fused-ring (bicyclic) bond motifs is 1. The monoisotopic (exact) mass is 449 g/mol. The quantitative estimate of drug-likeness (QED) is 0.373. The first-order valence-electron chi connectivity index (χ1n) is 6.76. The first kappa shape index (κ1) is 17.8. The molecule has 2 rings (SSSR count). The van der Waals surface area contributed by atoms with Crippen LogP contribution < -0.4 is 11.1 Å². The predicted molar refractivity (Wildman–Crippen MR) is 97.4 cm³/mol. The molecule has 10 heteroatoms. The van der Waals surface area contributed by atoms with Crippen LogP contribution in [0.3, 0.4) is 0 Å². The minimum Gasteiger partial charge on any atom is -0.468 e. The molecule has 0 spiro atoms. The van der Waals surface area contributed by atoms with Gasteiger partial charge in [-0.25, -0.2) is 9.97 Å². The van der Waals surface area contributed by atoms with Crippen LogP contribution in [-0.2, 0) is 16.1 Å². The van der Waals surface area contributed by atoms with Crippen molar-refractivity contribution in [2.24, 2.45) is 0 Å². The number of nitrogens with one attached hydrogen (secondary N) is 1. The number of aromatic nitrogens is 3. The molecule has 0 bridgehead atoms. The molecule has 2 aromatic heterocycles. The lowest BCUT2D eigenvalue weighted by Crippen LogP contribution is -2.30. The van der Waals surface area contributed by atoms with Crippen LogP contribution in [0.1, 0.15) is 16.8 Å². The molecule has 8 nitrogen and oxygen atoms in total. The number of rotatable bonds is 7. The molecule has 3 N–H and O–H groups in total. The molecule has 0 aromatic carbocycles. The van der Waals surface area contributed by atoms with Gasteiger partial charge in [0.05, 0.1) is 24.5 Å². The number of methoxy groups -OCH3 is 1. The predicted octanol–water partition coefficient (Wildman–Crippen LogP) is 1.39. The number of pyridine rings is 1. The standard InChI is InChI=1S/C13H16IN5O3S/c1-22-9(20)6-17-13(21)8-5-16-12(15)10-11(8)19(7-18-10)3-2-4-23-14/h5,7H,2-4,6H2,1H3,(H2,15,16)(H,17,21). The Bertz CT molecular complexity index is 721. The summed E-state index contributed by atoms with van der Waals surface area (Å²) in [6, 6.07) is 0. The Labute approximate surface area is 149 Å². The van der Waals surface area contributed by atoms with E-state index < -0.39 is 11.9 Å². The zero-order valence-electron chi connectivity index (χ0n) is 12.4. The lowest BCUT2D eigenvalue weighted by molar-refractivity contribution is -0.139. The number of imidazole rings is 1. The molecule has 2 aromatic rings. The number of ether oxygens (including phenoxy) is 1. The fourth-order valence-corrected chi connectivity index (χ4v) is 3.23. The van der Waals surface area contributed by atoms with Crippen LogP contribution in [0.4, 0.5) is 5.82 Å². The van der Waals surface area contributed by atoms with Gasteiger partial charge in [0.15, 0.2) is 5.82 Å². The number of hydrogen-bond acceptors (Lipinski definition) is 7.